The third-order valence-electron chi connectivity index (χ3n) is 7.55. The maximum atomic E-state index is 7.09. The fourth-order valence-corrected chi connectivity index (χ4v) is 10.2. The number of nitrogens with zero attached hydrogens (tertiary/aromatic N) is 3. The lowest BCUT2D eigenvalue weighted by Gasteiger charge is -2.42. The maximum absolute atomic E-state index is 7.09. The highest BCUT2D eigenvalue weighted by molar-refractivity contribution is 6.99. The second kappa shape index (κ2) is 10.4. The van der Waals surface area contributed by atoms with Crippen molar-refractivity contribution in [1.29, 1.82) is 0 Å². The van der Waals surface area contributed by atoms with Crippen molar-refractivity contribution in [1.82, 2.24) is 14.8 Å². The third-order valence-corrected chi connectivity index (χ3v) is 12.5. The van der Waals surface area contributed by atoms with Gasteiger partial charge in [0.1, 0.15) is 5.82 Å². The Morgan fingerprint density at radius 3 is 2.00 bits per heavy atom. The molecule has 180 valence electrons. The molecule has 1 aliphatic rings. The van der Waals surface area contributed by atoms with Gasteiger partial charge in [-0.1, -0.05) is 87.5 Å². The van der Waals surface area contributed by atoms with Crippen LogP contribution in [0.4, 0.5) is 0 Å². The third kappa shape index (κ3) is 4.82. The molecule has 1 heterocycles. The first kappa shape index (κ1) is 24.6. The normalized spacial score (nSPS) is 19.2. The van der Waals surface area contributed by atoms with E-state index in [2.05, 4.69) is 116 Å². The molecular weight excluding hydrogens is 434 g/mol. The minimum atomic E-state index is -2.59. The van der Waals surface area contributed by atoms with Gasteiger partial charge in [0.15, 0.2) is 5.82 Å². The van der Waals surface area contributed by atoms with Crippen LogP contribution in [0.1, 0.15) is 70.4 Å². The van der Waals surface area contributed by atoms with Crippen LogP contribution < -0.4 is 10.4 Å². The Balaban J connectivity index is 1.62. The summed E-state index contributed by atoms with van der Waals surface area (Å²) in [5, 5.41) is 11.8. The zero-order valence-electron chi connectivity index (χ0n) is 21.2. The molecule has 3 aromatic rings. The van der Waals surface area contributed by atoms with E-state index in [0.29, 0.717) is 12.5 Å². The molecule has 0 N–H and O–H groups in total. The molecule has 1 aromatic heterocycles. The fraction of sp³-hybridized carbons (Fsp3) is 0.448. The molecule has 1 saturated carbocycles. The van der Waals surface area contributed by atoms with Gasteiger partial charge in [-0.15, -0.1) is 16.8 Å². The molecule has 0 unspecified atom stereocenters. The molecule has 0 atom stereocenters. The molecule has 0 aliphatic heterocycles. The van der Waals surface area contributed by atoms with Gasteiger partial charge in [0.25, 0.3) is 8.32 Å². The Labute approximate surface area is 206 Å². The van der Waals surface area contributed by atoms with E-state index in [1.165, 1.54) is 36.1 Å². The van der Waals surface area contributed by atoms with Gasteiger partial charge in [0.2, 0.25) is 0 Å². The Hall–Kier alpha value is -2.50. The van der Waals surface area contributed by atoms with E-state index in [9.17, 15) is 0 Å². The van der Waals surface area contributed by atoms with Gasteiger partial charge in [0.05, 0.1) is 6.61 Å². The van der Waals surface area contributed by atoms with Gasteiger partial charge in [-0.05, 0) is 53.4 Å². The summed E-state index contributed by atoms with van der Waals surface area (Å²) in [4.78, 5) is 0. The summed E-state index contributed by atoms with van der Waals surface area (Å²) >= 11 is 0. The van der Waals surface area contributed by atoms with E-state index >= 15 is 0 Å². The number of hydrogen-bond acceptors (Lipinski definition) is 3. The van der Waals surface area contributed by atoms with Gasteiger partial charge in [-0.3, -0.25) is 0 Å². The average molecular weight is 474 g/mol. The van der Waals surface area contributed by atoms with Crippen molar-refractivity contribution < 1.29 is 4.43 Å². The zero-order valence-corrected chi connectivity index (χ0v) is 22.2. The Kier molecular flexibility index (Phi) is 7.53. The summed E-state index contributed by atoms with van der Waals surface area (Å²) < 4.78 is 9.28. The van der Waals surface area contributed by atoms with E-state index < -0.39 is 8.32 Å². The highest BCUT2D eigenvalue weighted by Gasteiger charge is 2.50. The van der Waals surface area contributed by atoms with Crippen LogP contribution >= 0.6 is 0 Å². The van der Waals surface area contributed by atoms with Crippen molar-refractivity contribution in [3.05, 3.63) is 85.0 Å². The predicted octanol–water partition coefficient (Wildman–Crippen LogP) is 5.74. The molecule has 0 spiro atoms. The number of rotatable bonds is 8. The van der Waals surface area contributed by atoms with E-state index in [1.807, 2.05) is 0 Å². The molecule has 4 rings (SSSR count). The van der Waals surface area contributed by atoms with E-state index in [0.717, 1.165) is 24.0 Å². The van der Waals surface area contributed by atoms with Crippen LogP contribution in [0.2, 0.25) is 5.04 Å². The molecule has 0 saturated heterocycles. The Morgan fingerprint density at radius 2 is 1.50 bits per heavy atom. The number of allylic oxidation sites excluding steroid dienone is 1. The largest absolute Gasteiger partial charge is 0.400 e. The molecular formula is C29H39N3OSi. The summed E-state index contributed by atoms with van der Waals surface area (Å²) in [6, 6.07) is 21.6. The highest BCUT2D eigenvalue weighted by Crippen LogP contribution is 2.38. The molecule has 0 bridgehead atoms. The minimum Gasteiger partial charge on any atom is -0.400 e. The van der Waals surface area contributed by atoms with E-state index in [4.69, 9.17) is 4.43 Å². The van der Waals surface area contributed by atoms with Crippen molar-refractivity contribution in [2.45, 2.75) is 70.4 Å². The van der Waals surface area contributed by atoms with Gasteiger partial charge in [-0.25, -0.2) is 0 Å². The van der Waals surface area contributed by atoms with Crippen LogP contribution in [0.25, 0.3) is 0 Å². The minimum absolute atomic E-state index is 0.0549. The Morgan fingerprint density at radius 1 is 0.941 bits per heavy atom. The molecule has 0 amide bonds. The molecule has 0 radical (unpaired) electrons. The molecule has 1 fully saturated rings. The van der Waals surface area contributed by atoms with Crippen LogP contribution in [-0.2, 0) is 18.1 Å². The second-order valence-electron chi connectivity index (χ2n) is 10.7. The molecule has 4 nitrogen and oxygen atoms in total. The maximum Gasteiger partial charge on any atom is 0.261 e. The monoisotopic (exact) mass is 473 g/mol. The van der Waals surface area contributed by atoms with Crippen LogP contribution in [0.15, 0.2) is 73.3 Å². The molecule has 34 heavy (non-hydrogen) atoms. The summed E-state index contributed by atoms with van der Waals surface area (Å²) in [6.45, 7) is 11.3. The smallest absolute Gasteiger partial charge is 0.261 e. The zero-order chi connectivity index (χ0) is 24.2. The first-order valence-corrected chi connectivity index (χ1v) is 14.5. The quantitative estimate of drug-likeness (QED) is 0.309. The van der Waals surface area contributed by atoms with E-state index in [1.54, 1.807) is 0 Å². The molecule has 2 aromatic carbocycles. The predicted molar refractivity (Wildman–Crippen MR) is 143 cm³/mol. The summed E-state index contributed by atoms with van der Waals surface area (Å²) in [7, 11) is -0.488. The van der Waals surface area contributed by atoms with Crippen LogP contribution in [0.5, 0.6) is 0 Å². The molecule has 5 heteroatoms. The van der Waals surface area contributed by atoms with Gasteiger partial charge in [0, 0.05) is 13.0 Å². The summed E-state index contributed by atoms with van der Waals surface area (Å²) in [6.07, 6.45) is 8.05. The lowest BCUT2D eigenvalue weighted by molar-refractivity contribution is 0.271. The standard InChI is InChI=1S/C29H39N3OSi/c1-6-13-23-18-20-24(21-19-23)28-31-30-27(32(28)5)22-33-34(29(2,3)4,25-14-9-7-10-15-25)26-16-11-8-12-17-26/h6-12,14-17,23-24H,1,13,18-22H2,2-5H3/t23-,24-. The van der Waals surface area contributed by atoms with Crippen molar-refractivity contribution in [2.75, 3.05) is 0 Å². The van der Waals surface area contributed by atoms with E-state index in [-0.39, 0.29) is 5.04 Å². The Bertz CT molecular complexity index is 1020. The van der Waals surface area contributed by atoms with Gasteiger partial charge in [-0.2, -0.15) is 0 Å². The summed E-state index contributed by atoms with van der Waals surface area (Å²) in [5.74, 6) is 3.29. The van der Waals surface area contributed by atoms with Crippen LogP contribution in [0, 0.1) is 5.92 Å². The lowest BCUT2D eigenvalue weighted by atomic mass is 9.80. The van der Waals surface area contributed by atoms with Crippen molar-refractivity contribution >= 4 is 18.7 Å². The molecule has 1 aliphatic carbocycles. The van der Waals surface area contributed by atoms with Gasteiger partial charge < -0.3 is 8.99 Å². The van der Waals surface area contributed by atoms with Crippen molar-refractivity contribution in [3.8, 4) is 0 Å². The summed E-state index contributed by atoms with van der Waals surface area (Å²) in [5.41, 5.74) is 0. The van der Waals surface area contributed by atoms with Crippen molar-refractivity contribution in [2.24, 2.45) is 13.0 Å². The first-order valence-electron chi connectivity index (χ1n) is 12.6. The highest BCUT2D eigenvalue weighted by atomic mass is 28.4. The lowest BCUT2D eigenvalue weighted by Crippen LogP contribution is -2.66. The number of benzene rings is 2. The first-order chi connectivity index (χ1) is 16.4. The number of hydrogen-bond donors (Lipinski definition) is 0. The van der Waals surface area contributed by atoms with Crippen LogP contribution in [0.3, 0.4) is 0 Å². The second-order valence-corrected chi connectivity index (χ2v) is 15.0. The average Bonchev–Trinajstić information content (AvgIpc) is 3.21. The van der Waals surface area contributed by atoms with Gasteiger partial charge >= 0.3 is 0 Å². The van der Waals surface area contributed by atoms with Crippen LogP contribution in [-0.4, -0.2) is 23.1 Å². The SMILES string of the molecule is C=CC[C@H]1CC[C@H](c2nnc(CO[Si](c3ccccc3)(c3ccccc3)C(C)(C)C)n2C)CC1. The number of aromatic nitrogens is 3. The van der Waals surface area contributed by atoms with Crippen molar-refractivity contribution in [3.63, 3.8) is 0 Å². The topological polar surface area (TPSA) is 39.9 Å². The fourth-order valence-electron chi connectivity index (χ4n) is 5.68.